The molecule has 0 spiro atoms. The maximum absolute atomic E-state index is 12.1. The molecule has 1 aromatic carbocycles. The van der Waals surface area contributed by atoms with Gasteiger partial charge in [-0.05, 0) is 38.7 Å². The van der Waals surface area contributed by atoms with E-state index in [0.29, 0.717) is 6.61 Å². The van der Waals surface area contributed by atoms with Crippen LogP contribution in [0.15, 0.2) is 24.3 Å². The van der Waals surface area contributed by atoms with Gasteiger partial charge in [-0.2, -0.15) is 0 Å². The van der Waals surface area contributed by atoms with Crippen LogP contribution in [-0.2, 0) is 25.4 Å². The second kappa shape index (κ2) is 8.98. The van der Waals surface area contributed by atoms with Crippen molar-refractivity contribution in [3.05, 3.63) is 35.4 Å². The molecule has 2 aliphatic rings. The highest BCUT2D eigenvalue weighted by atomic mass is 16.6. The van der Waals surface area contributed by atoms with Gasteiger partial charge in [-0.25, -0.2) is 0 Å². The SMILES string of the molecule is Cc1ccc(C[C@H]2COC[C@H](N)C(=O)O[C@@H](C)[C@@H]2OC2CCCC2)cc1. The van der Waals surface area contributed by atoms with E-state index in [4.69, 9.17) is 19.9 Å². The molecule has 1 saturated carbocycles. The first-order valence-corrected chi connectivity index (χ1v) is 9.77. The van der Waals surface area contributed by atoms with Crippen LogP contribution in [0.3, 0.4) is 0 Å². The number of nitrogens with two attached hydrogens (primary N) is 1. The number of esters is 1. The van der Waals surface area contributed by atoms with Crippen molar-refractivity contribution in [2.75, 3.05) is 13.2 Å². The summed E-state index contributed by atoms with van der Waals surface area (Å²) in [6.07, 6.45) is 5.11. The third-order valence-electron chi connectivity index (χ3n) is 5.43. The number of hydrogen-bond donors (Lipinski definition) is 1. The molecule has 5 nitrogen and oxygen atoms in total. The largest absolute Gasteiger partial charge is 0.459 e. The molecule has 2 N–H and O–H groups in total. The zero-order chi connectivity index (χ0) is 18.5. The van der Waals surface area contributed by atoms with E-state index in [9.17, 15) is 4.79 Å². The van der Waals surface area contributed by atoms with Crippen LogP contribution in [0.5, 0.6) is 0 Å². The highest BCUT2D eigenvalue weighted by Gasteiger charge is 2.36. The van der Waals surface area contributed by atoms with E-state index < -0.39 is 12.0 Å². The van der Waals surface area contributed by atoms with Crippen molar-refractivity contribution in [3.63, 3.8) is 0 Å². The quantitative estimate of drug-likeness (QED) is 0.835. The summed E-state index contributed by atoms with van der Waals surface area (Å²) in [7, 11) is 0. The number of hydrogen-bond acceptors (Lipinski definition) is 5. The number of carbonyl (C=O) groups excluding carboxylic acids is 1. The molecule has 1 aliphatic carbocycles. The topological polar surface area (TPSA) is 70.8 Å². The molecule has 1 aromatic rings. The van der Waals surface area contributed by atoms with Crippen molar-refractivity contribution in [1.29, 1.82) is 0 Å². The predicted octanol–water partition coefficient (Wildman–Crippen LogP) is 2.77. The smallest absolute Gasteiger partial charge is 0.325 e. The molecule has 2 fully saturated rings. The van der Waals surface area contributed by atoms with Crippen molar-refractivity contribution in [2.45, 2.75) is 70.3 Å². The minimum Gasteiger partial charge on any atom is -0.459 e. The molecule has 1 aliphatic heterocycles. The summed E-state index contributed by atoms with van der Waals surface area (Å²) in [6.45, 7) is 4.70. The van der Waals surface area contributed by atoms with Gasteiger partial charge in [-0.15, -0.1) is 0 Å². The molecule has 26 heavy (non-hydrogen) atoms. The lowest BCUT2D eigenvalue weighted by molar-refractivity contribution is -0.163. The van der Waals surface area contributed by atoms with E-state index >= 15 is 0 Å². The van der Waals surface area contributed by atoms with Gasteiger partial charge in [0.15, 0.2) is 0 Å². The molecule has 4 atom stereocenters. The van der Waals surface area contributed by atoms with E-state index in [0.717, 1.165) is 19.3 Å². The van der Waals surface area contributed by atoms with Gasteiger partial charge in [0, 0.05) is 5.92 Å². The minimum atomic E-state index is -0.734. The minimum absolute atomic E-state index is 0.117. The predicted molar refractivity (Wildman–Crippen MR) is 99.9 cm³/mol. The van der Waals surface area contributed by atoms with Crippen LogP contribution in [0.4, 0.5) is 0 Å². The van der Waals surface area contributed by atoms with Crippen LogP contribution in [0.2, 0.25) is 0 Å². The maximum atomic E-state index is 12.1. The molecular weight excluding hydrogens is 330 g/mol. The molecule has 0 unspecified atom stereocenters. The molecule has 1 saturated heterocycles. The molecule has 0 bridgehead atoms. The Morgan fingerprint density at radius 1 is 1.15 bits per heavy atom. The van der Waals surface area contributed by atoms with Gasteiger partial charge in [0.2, 0.25) is 0 Å². The molecule has 0 radical (unpaired) electrons. The molecule has 5 heteroatoms. The monoisotopic (exact) mass is 361 g/mol. The molecule has 3 rings (SSSR count). The van der Waals surface area contributed by atoms with Gasteiger partial charge in [0.25, 0.3) is 0 Å². The van der Waals surface area contributed by atoms with Crippen LogP contribution in [-0.4, -0.2) is 43.5 Å². The van der Waals surface area contributed by atoms with E-state index in [1.807, 2.05) is 6.92 Å². The highest BCUT2D eigenvalue weighted by molar-refractivity contribution is 5.75. The Morgan fingerprint density at radius 3 is 2.54 bits per heavy atom. The lowest BCUT2D eigenvalue weighted by atomic mass is 9.91. The van der Waals surface area contributed by atoms with Crippen LogP contribution < -0.4 is 5.73 Å². The van der Waals surface area contributed by atoms with Gasteiger partial charge < -0.3 is 19.9 Å². The van der Waals surface area contributed by atoms with Crippen molar-refractivity contribution in [2.24, 2.45) is 11.7 Å². The summed E-state index contributed by atoms with van der Waals surface area (Å²) in [5, 5.41) is 0. The summed E-state index contributed by atoms with van der Waals surface area (Å²) >= 11 is 0. The van der Waals surface area contributed by atoms with Gasteiger partial charge in [0.05, 0.1) is 25.4 Å². The Balaban J connectivity index is 1.79. The first kappa shape index (κ1) is 19.3. The number of ether oxygens (including phenoxy) is 3. The van der Waals surface area contributed by atoms with Crippen molar-refractivity contribution in [1.82, 2.24) is 0 Å². The maximum Gasteiger partial charge on any atom is 0.325 e. The zero-order valence-electron chi connectivity index (χ0n) is 15.9. The fourth-order valence-electron chi connectivity index (χ4n) is 3.90. The fourth-order valence-corrected chi connectivity index (χ4v) is 3.90. The summed E-state index contributed by atoms with van der Waals surface area (Å²) in [5.74, 6) is -0.292. The molecule has 1 heterocycles. The Labute approximate surface area is 156 Å². The third-order valence-corrected chi connectivity index (χ3v) is 5.43. The summed E-state index contributed by atoms with van der Waals surface area (Å²) in [5.41, 5.74) is 8.35. The van der Waals surface area contributed by atoms with Gasteiger partial charge in [0.1, 0.15) is 12.1 Å². The summed E-state index contributed by atoms with van der Waals surface area (Å²) < 4.78 is 17.9. The second-order valence-corrected chi connectivity index (χ2v) is 7.74. The third kappa shape index (κ3) is 5.06. The van der Waals surface area contributed by atoms with Crippen LogP contribution in [0.1, 0.15) is 43.7 Å². The normalized spacial score (nSPS) is 31.1. The van der Waals surface area contributed by atoms with Gasteiger partial charge in [-0.3, -0.25) is 4.79 Å². The second-order valence-electron chi connectivity index (χ2n) is 7.74. The first-order chi connectivity index (χ1) is 12.5. The number of benzene rings is 1. The van der Waals surface area contributed by atoms with E-state index in [-0.39, 0.29) is 30.8 Å². The average Bonchev–Trinajstić information content (AvgIpc) is 3.13. The number of aryl methyl sites for hydroxylation is 1. The fraction of sp³-hybridized carbons (Fsp3) is 0.667. The Kier molecular flexibility index (Phi) is 6.68. The van der Waals surface area contributed by atoms with Crippen LogP contribution >= 0.6 is 0 Å². The Hall–Kier alpha value is -1.43. The number of carbonyl (C=O) groups is 1. The molecular formula is C21H31NO4. The first-order valence-electron chi connectivity index (χ1n) is 9.77. The van der Waals surface area contributed by atoms with Gasteiger partial charge >= 0.3 is 5.97 Å². The van der Waals surface area contributed by atoms with Crippen LogP contribution in [0.25, 0.3) is 0 Å². The summed E-state index contributed by atoms with van der Waals surface area (Å²) in [6, 6.07) is 7.81. The summed E-state index contributed by atoms with van der Waals surface area (Å²) in [4.78, 5) is 12.1. The molecule has 0 amide bonds. The van der Waals surface area contributed by atoms with Crippen LogP contribution in [0, 0.1) is 12.8 Å². The van der Waals surface area contributed by atoms with E-state index in [2.05, 4.69) is 31.2 Å². The standard InChI is InChI=1S/C21H31NO4/c1-14-7-9-16(10-8-14)11-17-12-24-13-19(22)21(23)25-15(2)20(17)26-18-5-3-4-6-18/h7-10,15,17-20H,3-6,11-13,22H2,1-2H3/t15-,17-,19-,20-/m0/s1. The average molecular weight is 361 g/mol. The Morgan fingerprint density at radius 2 is 1.85 bits per heavy atom. The lowest BCUT2D eigenvalue weighted by Gasteiger charge is -2.33. The van der Waals surface area contributed by atoms with Crippen molar-refractivity contribution < 1.29 is 19.0 Å². The number of cyclic esters (lactones) is 1. The highest BCUT2D eigenvalue weighted by Crippen LogP contribution is 2.29. The van der Waals surface area contributed by atoms with Gasteiger partial charge in [-0.1, -0.05) is 42.7 Å². The van der Waals surface area contributed by atoms with E-state index in [1.54, 1.807) is 0 Å². The van der Waals surface area contributed by atoms with E-state index in [1.165, 1.54) is 24.0 Å². The lowest BCUT2D eigenvalue weighted by Crippen LogP contribution is -2.43. The zero-order valence-corrected chi connectivity index (χ0v) is 15.9. The molecule has 0 aromatic heterocycles. The van der Waals surface area contributed by atoms with Crippen molar-refractivity contribution in [3.8, 4) is 0 Å². The number of rotatable bonds is 4. The Bertz CT molecular complexity index is 582. The van der Waals surface area contributed by atoms with Crippen molar-refractivity contribution >= 4 is 5.97 Å². The molecule has 144 valence electrons.